The maximum atomic E-state index is 12.8. The van der Waals surface area contributed by atoms with Gasteiger partial charge in [-0.15, -0.1) is 36.2 Å². The van der Waals surface area contributed by atoms with Crippen molar-refractivity contribution in [3.05, 3.63) is 64.7 Å². The molecule has 1 atom stereocenters. The Kier molecular flexibility index (Phi) is 7.84. The number of hydrogen-bond donors (Lipinski definition) is 1. The van der Waals surface area contributed by atoms with Crippen LogP contribution in [0.5, 0.6) is 0 Å². The fourth-order valence-corrected chi connectivity index (χ4v) is 4.66. The fourth-order valence-electron chi connectivity index (χ4n) is 3.52. The lowest BCUT2D eigenvalue weighted by atomic mass is 9.96. The van der Waals surface area contributed by atoms with Gasteiger partial charge in [-0.2, -0.15) is 0 Å². The monoisotopic (exact) mass is 437 g/mol. The number of nitrogens with two attached hydrogens (primary N) is 1. The summed E-state index contributed by atoms with van der Waals surface area (Å²) >= 11 is 1.78. The van der Waals surface area contributed by atoms with Crippen molar-refractivity contribution in [1.29, 1.82) is 0 Å². The van der Waals surface area contributed by atoms with E-state index in [1.807, 2.05) is 42.2 Å². The van der Waals surface area contributed by atoms with E-state index in [1.165, 1.54) is 15.3 Å². The van der Waals surface area contributed by atoms with E-state index < -0.39 is 6.04 Å². The summed E-state index contributed by atoms with van der Waals surface area (Å²) in [5.74, 6) is 0.462. The van der Waals surface area contributed by atoms with Gasteiger partial charge < -0.3 is 10.6 Å². The highest BCUT2D eigenvalue weighted by molar-refractivity contribution is 7.18. The molecule has 1 unspecified atom stereocenters. The first-order valence-corrected chi connectivity index (χ1v) is 9.90. The van der Waals surface area contributed by atoms with Crippen molar-refractivity contribution in [1.82, 2.24) is 9.88 Å². The SMILES string of the molecule is Cc1ccc(C(N)C(=O)N2CCC(c3nc4ccccc4s3)CC2)cc1.Cl.Cl. The lowest BCUT2D eigenvalue weighted by molar-refractivity contribution is -0.133. The van der Waals surface area contributed by atoms with Crippen molar-refractivity contribution in [2.24, 2.45) is 5.73 Å². The molecular formula is C21H25Cl2N3OS. The first kappa shape index (κ1) is 22.6. The Bertz CT molecular complexity index is 888. The van der Waals surface area contributed by atoms with Gasteiger partial charge in [0.1, 0.15) is 6.04 Å². The lowest BCUT2D eigenvalue weighted by Crippen LogP contribution is -2.42. The standard InChI is InChI=1S/C21H23N3OS.2ClH/c1-14-6-8-15(9-7-14)19(22)21(25)24-12-10-16(11-13-24)20-23-17-4-2-3-5-18(17)26-20;;/h2-9,16,19H,10-13,22H2,1H3;2*1H. The first-order chi connectivity index (χ1) is 12.6. The quantitative estimate of drug-likeness (QED) is 0.636. The summed E-state index contributed by atoms with van der Waals surface area (Å²) in [4.78, 5) is 19.5. The third-order valence-corrected chi connectivity index (χ3v) is 6.37. The number of benzene rings is 2. The number of likely N-dealkylation sites (tertiary alicyclic amines) is 1. The predicted octanol–water partition coefficient (Wildman–Crippen LogP) is 4.85. The zero-order valence-electron chi connectivity index (χ0n) is 15.7. The van der Waals surface area contributed by atoms with Gasteiger partial charge in [0, 0.05) is 19.0 Å². The Labute approximate surface area is 182 Å². The van der Waals surface area contributed by atoms with Crippen LogP contribution in [-0.2, 0) is 4.79 Å². The van der Waals surface area contributed by atoms with Crippen molar-refractivity contribution in [3.63, 3.8) is 0 Å². The minimum absolute atomic E-state index is 0. The molecule has 3 aromatic rings. The summed E-state index contributed by atoms with van der Waals surface area (Å²) in [7, 11) is 0. The smallest absolute Gasteiger partial charge is 0.244 e. The molecule has 1 aliphatic heterocycles. The van der Waals surface area contributed by atoms with Gasteiger partial charge in [-0.3, -0.25) is 4.79 Å². The molecular weight excluding hydrogens is 413 g/mol. The van der Waals surface area contributed by atoms with E-state index in [1.54, 1.807) is 11.3 Å². The van der Waals surface area contributed by atoms with Gasteiger partial charge in [-0.05, 0) is 37.5 Å². The maximum absolute atomic E-state index is 12.8. The number of hydrogen-bond acceptors (Lipinski definition) is 4. The van der Waals surface area contributed by atoms with Crippen molar-refractivity contribution in [2.75, 3.05) is 13.1 Å². The molecule has 1 amide bonds. The third kappa shape index (κ3) is 4.66. The normalized spacial score (nSPS) is 15.6. The number of thiazole rings is 1. The summed E-state index contributed by atoms with van der Waals surface area (Å²) < 4.78 is 1.24. The number of piperidine rings is 1. The van der Waals surface area contributed by atoms with E-state index in [2.05, 4.69) is 18.2 Å². The molecule has 2 heterocycles. The Morgan fingerprint density at radius 2 is 1.75 bits per heavy atom. The second kappa shape index (κ2) is 9.70. The van der Waals surface area contributed by atoms with Crippen molar-refractivity contribution in [2.45, 2.75) is 31.7 Å². The Hall–Kier alpha value is -1.66. The van der Waals surface area contributed by atoms with Crippen molar-refractivity contribution in [3.8, 4) is 0 Å². The Balaban J connectivity index is 0.00000140. The minimum Gasteiger partial charge on any atom is -0.341 e. The van der Waals surface area contributed by atoms with Gasteiger partial charge in [0.15, 0.2) is 0 Å². The van der Waals surface area contributed by atoms with Gasteiger partial charge in [0.2, 0.25) is 5.91 Å². The minimum atomic E-state index is -0.574. The molecule has 0 bridgehead atoms. The molecule has 0 saturated carbocycles. The number of para-hydroxylation sites is 1. The number of nitrogens with zero attached hydrogens (tertiary/aromatic N) is 2. The van der Waals surface area contributed by atoms with Crippen LogP contribution < -0.4 is 5.73 Å². The molecule has 0 aliphatic carbocycles. The number of rotatable bonds is 3. The van der Waals surface area contributed by atoms with E-state index in [-0.39, 0.29) is 30.7 Å². The van der Waals surface area contributed by atoms with Crippen LogP contribution in [0, 0.1) is 6.92 Å². The van der Waals surface area contributed by atoms with Crippen molar-refractivity contribution >= 4 is 52.3 Å². The maximum Gasteiger partial charge on any atom is 0.244 e. The zero-order chi connectivity index (χ0) is 18.1. The van der Waals surface area contributed by atoms with Crippen LogP contribution in [0.2, 0.25) is 0 Å². The second-order valence-corrected chi connectivity index (χ2v) is 8.07. The number of aromatic nitrogens is 1. The molecule has 1 fully saturated rings. The highest BCUT2D eigenvalue weighted by atomic mass is 35.5. The number of halogens is 2. The summed E-state index contributed by atoms with van der Waals surface area (Å²) in [5.41, 5.74) is 9.35. The molecule has 28 heavy (non-hydrogen) atoms. The topological polar surface area (TPSA) is 59.2 Å². The van der Waals surface area contributed by atoms with Gasteiger partial charge in [-0.1, -0.05) is 42.0 Å². The van der Waals surface area contributed by atoms with E-state index in [4.69, 9.17) is 10.7 Å². The van der Waals surface area contributed by atoms with Gasteiger partial charge in [0.05, 0.1) is 15.2 Å². The van der Waals surface area contributed by atoms with E-state index in [9.17, 15) is 4.79 Å². The molecule has 0 spiro atoms. The molecule has 7 heteroatoms. The number of carbonyl (C=O) groups is 1. The Morgan fingerprint density at radius 3 is 2.39 bits per heavy atom. The lowest BCUT2D eigenvalue weighted by Gasteiger charge is -2.32. The fraction of sp³-hybridized carbons (Fsp3) is 0.333. The van der Waals surface area contributed by atoms with E-state index in [0.717, 1.165) is 37.0 Å². The third-order valence-electron chi connectivity index (χ3n) is 5.17. The summed E-state index contributed by atoms with van der Waals surface area (Å²) in [6, 6.07) is 15.6. The van der Waals surface area contributed by atoms with Crippen LogP contribution in [-0.4, -0.2) is 28.9 Å². The summed E-state index contributed by atoms with van der Waals surface area (Å²) in [5, 5.41) is 1.20. The highest BCUT2D eigenvalue weighted by Crippen LogP contribution is 2.34. The van der Waals surface area contributed by atoms with Crippen LogP contribution in [0.4, 0.5) is 0 Å². The van der Waals surface area contributed by atoms with Crippen LogP contribution in [0.25, 0.3) is 10.2 Å². The molecule has 2 aromatic carbocycles. The Morgan fingerprint density at radius 1 is 1.11 bits per heavy atom. The average molecular weight is 438 g/mol. The summed E-state index contributed by atoms with van der Waals surface area (Å²) in [6.07, 6.45) is 1.90. The number of aryl methyl sites for hydroxylation is 1. The molecule has 1 saturated heterocycles. The van der Waals surface area contributed by atoms with Crippen LogP contribution >= 0.6 is 36.2 Å². The molecule has 1 aromatic heterocycles. The number of fused-ring (bicyclic) bond motifs is 1. The largest absolute Gasteiger partial charge is 0.341 e. The zero-order valence-corrected chi connectivity index (χ0v) is 18.2. The van der Waals surface area contributed by atoms with Crippen LogP contribution in [0.1, 0.15) is 40.9 Å². The molecule has 0 radical (unpaired) electrons. The first-order valence-electron chi connectivity index (χ1n) is 9.08. The van der Waals surface area contributed by atoms with E-state index >= 15 is 0 Å². The van der Waals surface area contributed by atoms with Gasteiger partial charge >= 0.3 is 0 Å². The number of amides is 1. The van der Waals surface area contributed by atoms with E-state index in [0.29, 0.717) is 5.92 Å². The van der Waals surface area contributed by atoms with Crippen molar-refractivity contribution < 1.29 is 4.79 Å². The van der Waals surface area contributed by atoms with Crippen LogP contribution in [0.3, 0.4) is 0 Å². The highest BCUT2D eigenvalue weighted by Gasteiger charge is 2.29. The average Bonchev–Trinajstić information content (AvgIpc) is 3.12. The molecule has 150 valence electrons. The predicted molar refractivity (Wildman–Crippen MR) is 121 cm³/mol. The van der Waals surface area contributed by atoms with Crippen LogP contribution in [0.15, 0.2) is 48.5 Å². The van der Waals surface area contributed by atoms with Gasteiger partial charge in [0.25, 0.3) is 0 Å². The summed E-state index contributed by atoms with van der Waals surface area (Å²) in [6.45, 7) is 3.53. The molecule has 4 rings (SSSR count). The van der Waals surface area contributed by atoms with Gasteiger partial charge in [-0.25, -0.2) is 4.98 Å². The molecule has 2 N–H and O–H groups in total. The molecule has 4 nitrogen and oxygen atoms in total. The second-order valence-electron chi connectivity index (χ2n) is 7.01. The molecule has 1 aliphatic rings. The number of carbonyl (C=O) groups excluding carboxylic acids is 1.